The number of hydrogen-bond acceptors (Lipinski definition) is 4. The zero-order valence-electron chi connectivity index (χ0n) is 17.1. The number of rotatable bonds is 10. The Hall–Kier alpha value is -1.72. The summed E-state index contributed by atoms with van der Waals surface area (Å²) in [5.41, 5.74) is 2.38. The van der Waals surface area contributed by atoms with E-state index in [1.807, 2.05) is 36.4 Å². The zero-order chi connectivity index (χ0) is 19.7. The van der Waals surface area contributed by atoms with Crippen LogP contribution in [0.25, 0.3) is 0 Å². The Morgan fingerprint density at radius 2 is 1.07 bits per heavy atom. The first-order valence-electron chi connectivity index (χ1n) is 10.0. The molecule has 4 nitrogen and oxygen atoms in total. The van der Waals surface area contributed by atoms with Gasteiger partial charge in [0.25, 0.3) is 0 Å². The molecule has 3 rings (SSSR count). The van der Waals surface area contributed by atoms with E-state index in [4.69, 9.17) is 18.9 Å². The van der Waals surface area contributed by atoms with Crippen LogP contribution in [0.2, 0.25) is 0 Å². The van der Waals surface area contributed by atoms with Crippen LogP contribution >= 0.6 is 0 Å². The van der Waals surface area contributed by atoms with E-state index >= 15 is 0 Å². The van der Waals surface area contributed by atoms with Gasteiger partial charge in [0.15, 0.2) is 5.79 Å². The molecule has 0 spiro atoms. The molecule has 0 amide bonds. The third kappa shape index (κ3) is 5.65. The second-order valence-corrected chi connectivity index (χ2v) is 7.78. The fourth-order valence-electron chi connectivity index (χ4n) is 3.90. The molecule has 1 fully saturated rings. The highest BCUT2D eigenvalue weighted by atomic mass is 16.7. The van der Waals surface area contributed by atoms with Crippen LogP contribution in [0, 0.1) is 5.41 Å². The van der Waals surface area contributed by atoms with E-state index in [1.54, 1.807) is 14.2 Å². The third-order valence-corrected chi connectivity index (χ3v) is 5.86. The Labute approximate surface area is 168 Å². The van der Waals surface area contributed by atoms with Gasteiger partial charge in [-0.3, -0.25) is 0 Å². The van der Waals surface area contributed by atoms with Gasteiger partial charge in [0, 0.05) is 32.5 Å². The molecule has 0 radical (unpaired) electrons. The Morgan fingerprint density at radius 1 is 0.643 bits per heavy atom. The molecule has 0 aromatic heterocycles. The summed E-state index contributed by atoms with van der Waals surface area (Å²) < 4.78 is 23.6. The van der Waals surface area contributed by atoms with Crippen LogP contribution in [0.5, 0.6) is 0 Å². The first-order valence-corrected chi connectivity index (χ1v) is 10.0. The topological polar surface area (TPSA) is 36.9 Å². The largest absolute Gasteiger partial charge is 0.376 e. The standard InChI is InChI=1S/C24H32O4/c1-25-24(26-2)15-13-23(14-16-24,19-27-17-21-9-5-3-6-10-21)20-28-18-22-11-7-4-8-12-22/h3-12H,13-20H2,1-2H3. The summed E-state index contributed by atoms with van der Waals surface area (Å²) in [6, 6.07) is 20.6. The third-order valence-electron chi connectivity index (χ3n) is 5.86. The fraction of sp³-hybridized carbons (Fsp3) is 0.500. The number of hydrogen-bond donors (Lipinski definition) is 0. The molecule has 0 bridgehead atoms. The van der Waals surface area contributed by atoms with Crippen LogP contribution in [0.15, 0.2) is 60.7 Å². The van der Waals surface area contributed by atoms with Crippen LogP contribution < -0.4 is 0 Å². The van der Waals surface area contributed by atoms with Gasteiger partial charge in [0.05, 0.1) is 26.4 Å². The van der Waals surface area contributed by atoms with Gasteiger partial charge in [-0.1, -0.05) is 60.7 Å². The summed E-state index contributed by atoms with van der Waals surface area (Å²) in [4.78, 5) is 0. The summed E-state index contributed by atoms with van der Waals surface area (Å²) in [5.74, 6) is -0.470. The Balaban J connectivity index is 1.58. The maximum Gasteiger partial charge on any atom is 0.167 e. The van der Waals surface area contributed by atoms with E-state index in [1.165, 1.54) is 11.1 Å². The van der Waals surface area contributed by atoms with Crippen LogP contribution in [-0.4, -0.2) is 33.2 Å². The van der Waals surface area contributed by atoms with Crippen molar-refractivity contribution in [3.63, 3.8) is 0 Å². The molecular formula is C24H32O4. The highest BCUT2D eigenvalue weighted by molar-refractivity contribution is 5.14. The maximum atomic E-state index is 6.14. The van der Waals surface area contributed by atoms with E-state index in [9.17, 15) is 0 Å². The van der Waals surface area contributed by atoms with Crippen molar-refractivity contribution in [2.45, 2.75) is 44.7 Å². The molecule has 152 valence electrons. The lowest BCUT2D eigenvalue weighted by Gasteiger charge is -2.44. The van der Waals surface area contributed by atoms with Gasteiger partial charge in [0.1, 0.15) is 0 Å². The van der Waals surface area contributed by atoms with E-state index in [2.05, 4.69) is 24.3 Å². The predicted octanol–water partition coefficient (Wildman–Crippen LogP) is 4.97. The van der Waals surface area contributed by atoms with E-state index in [0.717, 1.165) is 25.7 Å². The van der Waals surface area contributed by atoms with E-state index < -0.39 is 5.79 Å². The molecule has 0 unspecified atom stereocenters. The van der Waals surface area contributed by atoms with Crippen LogP contribution in [0.4, 0.5) is 0 Å². The fourth-order valence-corrected chi connectivity index (χ4v) is 3.90. The van der Waals surface area contributed by atoms with Crippen molar-refractivity contribution in [3.8, 4) is 0 Å². The number of benzene rings is 2. The predicted molar refractivity (Wildman–Crippen MR) is 110 cm³/mol. The Bertz CT molecular complexity index is 625. The van der Waals surface area contributed by atoms with Gasteiger partial charge >= 0.3 is 0 Å². The van der Waals surface area contributed by atoms with Crippen molar-refractivity contribution in [2.75, 3.05) is 27.4 Å². The van der Waals surface area contributed by atoms with Gasteiger partial charge in [-0.25, -0.2) is 0 Å². The van der Waals surface area contributed by atoms with Crippen molar-refractivity contribution < 1.29 is 18.9 Å². The number of methoxy groups -OCH3 is 2. The van der Waals surface area contributed by atoms with Crippen molar-refractivity contribution >= 4 is 0 Å². The summed E-state index contributed by atoms with van der Waals surface area (Å²) in [5, 5.41) is 0. The first kappa shape index (κ1) is 21.0. The molecule has 0 saturated heterocycles. The minimum Gasteiger partial charge on any atom is -0.376 e. The Morgan fingerprint density at radius 3 is 1.46 bits per heavy atom. The molecule has 0 N–H and O–H groups in total. The summed E-state index contributed by atoms with van der Waals surface area (Å²) in [6.45, 7) is 2.61. The van der Waals surface area contributed by atoms with Crippen LogP contribution in [0.1, 0.15) is 36.8 Å². The van der Waals surface area contributed by atoms with E-state index in [-0.39, 0.29) is 5.41 Å². The van der Waals surface area contributed by atoms with Crippen LogP contribution in [-0.2, 0) is 32.2 Å². The van der Waals surface area contributed by atoms with Gasteiger partial charge in [-0.05, 0) is 24.0 Å². The van der Waals surface area contributed by atoms with E-state index in [0.29, 0.717) is 26.4 Å². The molecule has 0 atom stereocenters. The first-order chi connectivity index (χ1) is 13.7. The molecule has 0 aliphatic heterocycles. The van der Waals surface area contributed by atoms with Crippen molar-refractivity contribution in [1.29, 1.82) is 0 Å². The summed E-state index contributed by atoms with van der Waals surface area (Å²) in [7, 11) is 3.46. The monoisotopic (exact) mass is 384 g/mol. The Kier molecular flexibility index (Phi) is 7.63. The van der Waals surface area contributed by atoms with Crippen molar-refractivity contribution in [1.82, 2.24) is 0 Å². The molecule has 1 aliphatic rings. The second kappa shape index (κ2) is 10.2. The summed E-state index contributed by atoms with van der Waals surface area (Å²) >= 11 is 0. The molecular weight excluding hydrogens is 352 g/mol. The molecule has 1 aliphatic carbocycles. The second-order valence-electron chi connectivity index (χ2n) is 7.78. The maximum absolute atomic E-state index is 6.14. The lowest BCUT2D eigenvalue weighted by atomic mass is 9.73. The molecule has 4 heteroatoms. The highest BCUT2D eigenvalue weighted by Crippen LogP contribution is 2.43. The smallest absolute Gasteiger partial charge is 0.167 e. The average Bonchev–Trinajstić information content (AvgIpc) is 2.76. The molecule has 0 heterocycles. The SMILES string of the molecule is COC1(OC)CCC(COCc2ccccc2)(COCc2ccccc2)CC1. The average molecular weight is 385 g/mol. The lowest BCUT2D eigenvalue weighted by Crippen LogP contribution is -2.45. The lowest BCUT2D eigenvalue weighted by molar-refractivity contribution is -0.241. The molecule has 28 heavy (non-hydrogen) atoms. The van der Waals surface area contributed by atoms with Gasteiger partial charge in [-0.15, -0.1) is 0 Å². The van der Waals surface area contributed by atoms with Gasteiger partial charge < -0.3 is 18.9 Å². The van der Waals surface area contributed by atoms with Crippen molar-refractivity contribution in [3.05, 3.63) is 71.8 Å². The molecule has 2 aromatic rings. The van der Waals surface area contributed by atoms with Gasteiger partial charge in [-0.2, -0.15) is 0 Å². The van der Waals surface area contributed by atoms with Crippen molar-refractivity contribution in [2.24, 2.45) is 5.41 Å². The minimum absolute atomic E-state index is 0.00980. The zero-order valence-corrected chi connectivity index (χ0v) is 17.1. The molecule has 2 aromatic carbocycles. The van der Waals surface area contributed by atoms with Crippen LogP contribution in [0.3, 0.4) is 0 Å². The minimum atomic E-state index is -0.470. The number of ether oxygens (including phenoxy) is 4. The summed E-state index contributed by atoms with van der Waals surface area (Å²) in [6.07, 6.45) is 3.61. The van der Waals surface area contributed by atoms with Gasteiger partial charge in [0.2, 0.25) is 0 Å². The highest BCUT2D eigenvalue weighted by Gasteiger charge is 2.43. The normalized spacial score (nSPS) is 18.1. The quantitative estimate of drug-likeness (QED) is 0.542. The molecule has 1 saturated carbocycles.